The topological polar surface area (TPSA) is 13.1 Å². The first-order valence-corrected chi connectivity index (χ1v) is 14.2. The average molecular weight is 588 g/mol. The molecule has 1 heterocycles. The summed E-state index contributed by atoms with van der Waals surface area (Å²) in [5.41, 5.74) is -0.541. The molecule has 1 heteroatoms. The van der Waals surface area contributed by atoms with Crippen molar-refractivity contribution < 1.29 is 25.0 Å². The van der Waals surface area contributed by atoms with Gasteiger partial charge >= 0.3 is 0 Å². The van der Waals surface area contributed by atoms with Crippen LogP contribution in [0, 0.1) is 0 Å². The van der Waals surface area contributed by atoms with Crippen LogP contribution in [-0.2, 0) is 0 Å². The molecule has 45 heavy (non-hydrogen) atoms. The van der Waals surface area contributed by atoms with Crippen molar-refractivity contribution in [2.45, 2.75) is 0 Å². The number of hydrogen-bond donors (Lipinski definition) is 0. The maximum absolute atomic E-state index is 9.93. The molecule has 0 aliphatic carbocycles. The fourth-order valence-corrected chi connectivity index (χ4v) is 6.17. The zero-order valence-corrected chi connectivity index (χ0v) is 23.4. The molecule has 0 unspecified atom stereocenters. The van der Waals surface area contributed by atoms with Crippen molar-refractivity contribution in [2.75, 3.05) is 0 Å². The molecule has 1 nitrogen and oxygen atoms in total. The SMILES string of the molecule is [2H]c1c([2H])c([2H])c(-c2c([2H])c([2H])c([2H])c3oc4c([2H])c([2H])c([2H])c(-c5c([2H])c([2H])c([2H])c(-c6c7ccccc7c(-c7ccccc7)c7ccccc67)c5[2H])c4c23)c([2H])c1[2H]. The van der Waals surface area contributed by atoms with Crippen LogP contribution in [0.2, 0.25) is 0 Å². The summed E-state index contributed by atoms with van der Waals surface area (Å²) in [6, 6.07) is 14.4. The monoisotopic (exact) mass is 587 g/mol. The van der Waals surface area contributed by atoms with E-state index in [0.717, 1.165) is 21.9 Å². The lowest BCUT2D eigenvalue weighted by Crippen LogP contribution is -1.91. The molecule has 210 valence electrons. The highest BCUT2D eigenvalue weighted by atomic mass is 16.3. The van der Waals surface area contributed by atoms with E-state index in [-0.39, 0.29) is 16.3 Å². The number of fused-ring (bicyclic) bond motifs is 5. The summed E-state index contributed by atoms with van der Waals surface area (Å²) in [4.78, 5) is 0. The van der Waals surface area contributed by atoms with Crippen molar-refractivity contribution in [1.29, 1.82) is 0 Å². The quantitative estimate of drug-likeness (QED) is 0.187. The van der Waals surface area contributed by atoms with Gasteiger partial charge in [-0.15, -0.1) is 0 Å². The Hall–Kier alpha value is -5.92. The van der Waals surface area contributed by atoms with Gasteiger partial charge in [0.05, 0.1) is 20.6 Å². The number of furan rings is 1. The molecule has 0 atom stereocenters. The Morgan fingerprint density at radius 3 is 1.44 bits per heavy atom. The van der Waals surface area contributed by atoms with Crippen LogP contribution in [0.3, 0.4) is 0 Å². The van der Waals surface area contributed by atoms with Crippen LogP contribution < -0.4 is 0 Å². The number of benzene rings is 8. The van der Waals surface area contributed by atoms with Crippen LogP contribution in [0.15, 0.2) is 174 Å². The van der Waals surface area contributed by atoms with Gasteiger partial charge in [-0.05, 0) is 84.2 Å². The molecule has 8 aromatic carbocycles. The summed E-state index contributed by atoms with van der Waals surface area (Å²) in [5.74, 6) is 0. The van der Waals surface area contributed by atoms with E-state index in [1.807, 2.05) is 78.9 Å². The molecule has 9 rings (SSSR count). The normalized spacial score (nSPS) is 16.2. The minimum Gasteiger partial charge on any atom is -0.456 e. The van der Waals surface area contributed by atoms with Crippen LogP contribution in [0.5, 0.6) is 0 Å². The van der Waals surface area contributed by atoms with Gasteiger partial charge in [-0.25, -0.2) is 0 Å². The molecule has 9 aromatic rings. The van der Waals surface area contributed by atoms with Gasteiger partial charge in [0.1, 0.15) is 11.2 Å². The van der Waals surface area contributed by atoms with Gasteiger partial charge in [-0.1, -0.05) is 151 Å². The van der Waals surface area contributed by atoms with Gasteiger partial charge in [-0.2, -0.15) is 0 Å². The van der Waals surface area contributed by atoms with E-state index in [2.05, 4.69) is 0 Å². The van der Waals surface area contributed by atoms with Crippen molar-refractivity contribution in [2.24, 2.45) is 0 Å². The lowest BCUT2D eigenvalue weighted by atomic mass is 9.85. The Labute approximate surface area is 282 Å². The first-order valence-electron chi connectivity index (χ1n) is 21.7. The first-order chi connectivity index (χ1) is 28.6. The van der Waals surface area contributed by atoms with E-state index >= 15 is 0 Å². The zero-order chi connectivity index (χ0) is 42.8. The Kier molecular flexibility index (Phi) is 3.39. The van der Waals surface area contributed by atoms with E-state index in [9.17, 15) is 6.85 Å². The first kappa shape index (κ1) is 14.7. The molecular weight excluding hydrogens is 544 g/mol. The van der Waals surface area contributed by atoms with Gasteiger partial charge in [0.25, 0.3) is 0 Å². The number of rotatable bonds is 4. The predicted molar refractivity (Wildman–Crippen MR) is 190 cm³/mol. The summed E-state index contributed by atoms with van der Waals surface area (Å²) < 4.78 is 140. The Morgan fingerprint density at radius 1 is 0.378 bits per heavy atom. The second kappa shape index (κ2) is 10.4. The van der Waals surface area contributed by atoms with Crippen molar-refractivity contribution in [3.63, 3.8) is 0 Å². The standard InChI is InChI=1S/C44H28O/c1-3-14-29(15-4-1)33-24-12-26-39-43(33)44-34(25-13-27-40(44)45-39)31-18-11-19-32(28-31)42-37-22-9-7-20-35(37)41(30-16-5-2-6-17-30)36-21-8-10-23-38(36)42/h1-28H/i1D,3D,4D,11D,12D,13D,14D,15D,18D,19D,24D,25D,26D,27D,28D. The molecule has 0 N–H and O–H groups in total. The van der Waals surface area contributed by atoms with E-state index in [1.54, 1.807) is 0 Å². The van der Waals surface area contributed by atoms with Crippen LogP contribution in [0.1, 0.15) is 20.6 Å². The Bertz CT molecular complexity index is 3290. The summed E-state index contributed by atoms with van der Waals surface area (Å²) in [7, 11) is 0. The lowest BCUT2D eigenvalue weighted by molar-refractivity contribution is 0.669. The fraction of sp³-hybridized carbons (Fsp3) is 0. The van der Waals surface area contributed by atoms with Crippen molar-refractivity contribution >= 4 is 43.5 Å². The van der Waals surface area contributed by atoms with Gasteiger partial charge < -0.3 is 4.42 Å². The highest BCUT2D eigenvalue weighted by Crippen LogP contribution is 2.46. The van der Waals surface area contributed by atoms with Gasteiger partial charge in [0, 0.05) is 10.8 Å². The van der Waals surface area contributed by atoms with Gasteiger partial charge in [-0.3, -0.25) is 0 Å². The molecule has 0 fully saturated rings. The minimum atomic E-state index is -0.752. The molecule has 0 aliphatic rings. The minimum absolute atomic E-state index is 0.0681. The van der Waals surface area contributed by atoms with Crippen molar-refractivity contribution in [3.8, 4) is 44.5 Å². The molecule has 0 saturated carbocycles. The zero-order valence-electron chi connectivity index (χ0n) is 38.4. The van der Waals surface area contributed by atoms with E-state index in [1.165, 1.54) is 0 Å². The van der Waals surface area contributed by atoms with E-state index in [4.69, 9.17) is 18.1 Å². The van der Waals surface area contributed by atoms with Crippen LogP contribution in [-0.4, -0.2) is 0 Å². The third-order valence-corrected chi connectivity index (χ3v) is 8.00. The maximum Gasteiger partial charge on any atom is 0.136 e. The highest BCUT2D eigenvalue weighted by Gasteiger charge is 2.19. The second-order valence-electron chi connectivity index (χ2n) is 10.5. The van der Waals surface area contributed by atoms with Crippen LogP contribution in [0.4, 0.5) is 0 Å². The lowest BCUT2D eigenvalue weighted by Gasteiger charge is -2.18. The molecule has 0 bridgehead atoms. The Balaban J connectivity index is 1.50. The van der Waals surface area contributed by atoms with Gasteiger partial charge in [0.2, 0.25) is 0 Å². The summed E-state index contributed by atoms with van der Waals surface area (Å²) in [5, 5.41) is 2.19. The average Bonchev–Trinajstić information content (AvgIpc) is 3.65. The van der Waals surface area contributed by atoms with Crippen LogP contribution in [0.25, 0.3) is 88.0 Å². The Morgan fingerprint density at radius 2 is 0.844 bits per heavy atom. The fourth-order valence-electron chi connectivity index (χ4n) is 6.17. The predicted octanol–water partition coefficient (Wildman–Crippen LogP) is 12.6. The third kappa shape index (κ3) is 4.09. The summed E-state index contributed by atoms with van der Waals surface area (Å²) in [6.45, 7) is 0. The van der Waals surface area contributed by atoms with E-state index in [0.29, 0.717) is 16.3 Å². The molecule has 1 aromatic heterocycles. The van der Waals surface area contributed by atoms with Crippen molar-refractivity contribution in [3.05, 3.63) is 169 Å². The smallest absolute Gasteiger partial charge is 0.136 e. The number of hydrogen-bond acceptors (Lipinski definition) is 1. The molecule has 0 aliphatic heterocycles. The summed E-state index contributed by atoms with van der Waals surface area (Å²) >= 11 is 0. The van der Waals surface area contributed by atoms with Crippen molar-refractivity contribution in [1.82, 2.24) is 0 Å². The second-order valence-corrected chi connectivity index (χ2v) is 10.5. The molecular formula is C44H28O. The van der Waals surface area contributed by atoms with Crippen LogP contribution >= 0.6 is 0 Å². The molecule has 0 spiro atoms. The highest BCUT2D eigenvalue weighted by molar-refractivity contribution is 6.22. The molecule has 0 radical (unpaired) electrons. The maximum atomic E-state index is 9.93. The third-order valence-electron chi connectivity index (χ3n) is 8.00. The largest absolute Gasteiger partial charge is 0.456 e. The molecule has 0 saturated heterocycles. The summed E-state index contributed by atoms with van der Waals surface area (Å²) in [6.07, 6.45) is 0. The van der Waals surface area contributed by atoms with Gasteiger partial charge in [0.15, 0.2) is 0 Å². The molecule has 0 amide bonds. The van der Waals surface area contributed by atoms with E-state index < -0.39 is 124 Å².